The summed E-state index contributed by atoms with van der Waals surface area (Å²) in [7, 11) is 3.34. The number of benzene rings is 1. The number of amides is 1. The molecule has 1 aromatic rings. The van der Waals surface area contributed by atoms with Gasteiger partial charge in [-0.1, -0.05) is 0 Å². The second kappa shape index (κ2) is 8.50. The number of carbonyl (C=O) groups is 1. The average molecular weight is 308 g/mol. The third-order valence-corrected chi connectivity index (χ3v) is 2.54. The van der Waals surface area contributed by atoms with Crippen molar-refractivity contribution in [3.63, 3.8) is 0 Å². The van der Waals surface area contributed by atoms with Crippen molar-refractivity contribution in [1.29, 1.82) is 0 Å². The Morgan fingerprint density at radius 2 is 2.05 bits per heavy atom. The van der Waals surface area contributed by atoms with Crippen molar-refractivity contribution >= 4 is 18.1 Å². The van der Waals surface area contributed by atoms with Gasteiger partial charge in [0.05, 0.1) is 6.61 Å². The number of rotatable bonds is 7. The second-order valence-corrected chi connectivity index (χ2v) is 4.53. The number of carbonyl (C=O) groups excluding carboxylic acids is 1. The van der Waals surface area contributed by atoms with Crippen molar-refractivity contribution in [3.05, 3.63) is 23.8 Å². The van der Waals surface area contributed by atoms with Gasteiger partial charge in [-0.15, -0.1) is 5.10 Å². The van der Waals surface area contributed by atoms with Crippen LogP contribution in [0.3, 0.4) is 0 Å². The molecule has 1 amide bonds. The van der Waals surface area contributed by atoms with Crippen LogP contribution in [0.2, 0.25) is 0 Å². The first-order chi connectivity index (χ1) is 10.4. The van der Waals surface area contributed by atoms with E-state index in [1.807, 2.05) is 6.92 Å². The van der Waals surface area contributed by atoms with Gasteiger partial charge in [-0.2, -0.15) is 0 Å². The number of hydrogen-bond donors (Lipinski definition) is 3. The van der Waals surface area contributed by atoms with E-state index in [9.17, 15) is 4.79 Å². The molecule has 0 spiro atoms. The van der Waals surface area contributed by atoms with Gasteiger partial charge in [0.1, 0.15) is 0 Å². The minimum absolute atomic E-state index is 0.0532. The predicted molar refractivity (Wildman–Crippen MR) is 83.7 cm³/mol. The number of nitrogens with zero attached hydrogens (tertiary/aromatic N) is 2. The topological polar surface area (TPSA) is 117 Å². The first-order valence-electron chi connectivity index (χ1n) is 6.71. The molecule has 0 aliphatic heterocycles. The maximum absolute atomic E-state index is 11.6. The predicted octanol–water partition coefficient (Wildman–Crippen LogP) is -1.76. The van der Waals surface area contributed by atoms with Crippen LogP contribution in [0, 0.1) is 0 Å². The van der Waals surface area contributed by atoms with Crippen molar-refractivity contribution in [2.24, 2.45) is 16.6 Å². The van der Waals surface area contributed by atoms with Crippen molar-refractivity contribution in [3.8, 4) is 11.5 Å². The van der Waals surface area contributed by atoms with Crippen LogP contribution in [0.1, 0.15) is 12.5 Å². The fraction of sp³-hybridized carbons (Fsp3) is 0.357. The van der Waals surface area contributed by atoms with Gasteiger partial charge in [0, 0.05) is 24.8 Å². The van der Waals surface area contributed by atoms with E-state index in [4.69, 9.17) is 20.9 Å². The highest BCUT2D eigenvalue weighted by Crippen LogP contribution is 2.27. The third-order valence-electron chi connectivity index (χ3n) is 2.54. The molecule has 1 aromatic carbocycles. The van der Waals surface area contributed by atoms with E-state index < -0.39 is 0 Å². The SMILES string of the molecule is CCOc1cc(/C=[NH+]/N=C(N)N)ccc1OCC(=O)N(C)C. The highest BCUT2D eigenvalue weighted by Gasteiger charge is 2.10. The fourth-order valence-electron chi connectivity index (χ4n) is 1.45. The molecule has 0 aliphatic carbocycles. The van der Waals surface area contributed by atoms with Gasteiger partial charge in [0.15, 0.2) is 18.1 Å². The molecule has 0 saturated heterocycles. The molecule has 0 atom stereocenters. The Morgan fingerprint density at radius 3 is 2.64 bits per heavy atom. The van der Waals surface area contributed by atoms with Gasteiger partial charge in [-0.25, -0.2) is 0 Å². The summed E-state index contributed by atoms with van der Waals surface area (Å²) >= 11 is 0. The zero-order chi connectivity index (χ0) is 16.5. The fourth-order valence-corrected chi connectivity index (χ4v) is 1.45. The summed E-state index contributed by atoms with van der Waals surface area (Å²) in [5.41, 5.74) is 11.2. The molecular formula is C14H22N5O3+. The normalized spacial score (nSPS) is 10.3. The second-order valence-electron chi connectivity index (χ2n) is 4.53. The van der Waals surface area contributed by atoms with Crippen LogP contribution in [0.25, 0.3) is 0 Å². The molecule has 0 radical (unpaired) electrons. The van der Waals surface area contributed by atoms with Gasteiger partial charge < -0.3 is 25.8 Å². The van der Waals surface area contributed by atoms with Crippen LogP contribution in [0.15, 0.2) is 23.3 Å². The standard InChI is InChI=1S/C14H21N5O3/c1-4-21-12-7-10(8-17-18-14(15)16)5-6-11(12)22-9-13(20)19(2)3/h5-8H,4,9H2,1-3H3,(H4,15,16,18)/p+1/b17-8+. The number of likely N-dealkylation sites (N-methyl/N-ethyl adjacent to an activating group) is 1. The molecule has 0 heterocycles. The van der Waals surface area contributed by atoms with E-state index in [2.05, 4.69) is 10.2 Å². The monoisotopic (exact) mass is 308 g/mol. The first kappa shape index (κ1) is 17.3. The summed E-state index contributed by atoms with van der Waals surface area (Å²) < 4.78 is 11.0. The van der Waals surface area contributed by atoms with E-state index in [-0.39, 0.29) is 18.5 Å². The Kier molecular flexibility index (Phi) is 6.68. The van der Waals surface area contributed by atoms with Crippen molar-refractivity contribution in [2.45, 2.75) is 6.92 Å². The highest BCUT2D eigenvalue weighted by molar-refractivity contribution is 5.79. The third kappa shape index (κ3) is 5.70. The summed E-state index contributed by atoms with van der Waals surface area (Å²) in [6.07, 6.45) is 1.61. The van der Waals surface area contributed by atoms with E-state index >= 15 is 0 Å². The quantitative estimate of drug-likeness (QED) is 0.313. The van der Waals surface area contributed by atoms with Gasteiger partial charge in [0.2, 0.25) is 6.21 Å². The molecule has 0 fully saturated rings. The number of hydrazone groups is 1. The lowest BCUT2D eigenvalue weighted by molar-refractivity contribution is -0.456. The summed E-state index contributed by atoms with van der Waals surface area (Å²) in [6, 6.07) is 5.26. The maximum atomic E-state index is 11.6. The number of nitrogens with one attached hydrogen (secondary N) is 1. The van der Waals surface area contributed by atoms with Crippen molar-refractivity contribution in [1.82, 2.24) is 4.90 Å². The number of ether oxygens (including phenoxy) is 2. The molecule has 0 aliphatic rings. The number of hydrogen-bond acceptors (Lipinski definition) is 4. The van der Waals surface area contributed by atoms with Crippen LogP contribution < -0.4 is 26.0 Å². The molecule has 8 heteroatoms. The lowest BCUT2D eigenvalue weighted by atomic mass is 10.2. The minimum atomic E-state index is -0.132. The zero-order valence-corrected chi connectivity index (χ0v) is 13.0. The molecule has 22 heavy (non-hydrogen) atoms. The number of nitrogens with two attached hydrogens (primary N) is 2. The van der Waals surface area contributed by atoms with Crippen LogP contribution >= 0.6 is 0 Å². The number of guanidine groups is 1. The maximum Gasteiger partial charge on any atom is 0.259 e. The summed E-state index contributed by atoms with van der Waals surface area (Å²) in [5, 5.41) is 6.25. The van der Waals surface area contributed by atoms with E-state index in [0.29, 0.717) is 18.1 Å². The lowest BCUT2D eigenvalue weighted by Gasteiger charge is -2.14. The lowest BCUT2D eigenvalue weighted by Crippen LogP contribution is -2.63. The van der Waals surface area contributed by atoms with Crippen molar-refractivity contribution in [2.75, 3.05) is 27.3 Å². The Labute approximate surface area is 129 Å². The summed E-state index contributed by atoms with van der Waals surface area (Å²) in [6.45, 7) is 2.29. The Morgan fingerprint density at radius 1 is 1.32 bits per heavy atom. The molecule has 0 saturated carbocycles. The van der Waals surface area contributed by atoms with Gasteiger partial charge >= 0.3 is 0 Å². The minimum Gasteiger partial charge on any atom is -0.490 e. The van der Waals surface area contributed by atoms with Gasteiger partial charge in [-0.05, 0) is 25.1 Å². The van der Waals surface area contributed by atoms with Gasteiger partial charge in [-0.3, -0.25) is 4.79 Å². The van der Waals surface area contributed by atoms with Crippen LogP contribution in [0.4, 0.5) is 0 Å². The molecular weight excluding hydrogens is 286 g/mol. The molecule has 1 rings (SSSR count). The zero-order valence-electron chi connectivity index (χ0n) is 13.0. The molecule has 0 bridgehead atoms. The molecule has 0 unspecified atom stereocenters. The van der Waals surface area contributed by atoms with E-state index in [0.717, 1.165) is 5.56 Å². The van der Waals surface area contributed by atoms with Gasteiger partial charge in [0.25, 0.3) is 11.9 Å². The largest absolute Gasteiger partial charge is 0.490 e. The van der Waals surface area contributed by atoms with Crippen LogP contribution in [-0.2, 0) is 4.79 Å². The summed E-state index contributed by atoms with van der Waals surface area (Å²) in [4.78, 5) is 13.0. The van der Waals surface area contributed by atoms with E-state index in [1.165, 1.54) is 4.90 Å². The first-order valence-corrected chi connectivity index (χ1v) is 6.71. The smallest absolute Gasteiger partial charge is 0.259 e. The molecule has 0 aromatic heterocycles. The molecule has 5 N–H and O–H groups in total. The molecule has 8 nitrogen and oxygen atoms in total. The van der Waals surface area contributed by atoms with Crippen LogP contribution in [-0.4, -0.2) is 50.3 Å². The highest BCUT2D eigenvalue weighted by atomic mass is 16.5. The Bertz CT molecular complexity index is 566. The Hall–Kier alpha value is -2.77. The average Bonchev–Trinajstić information content (AvgIpc) is 2.46. The van der Waals surface area contributed by atoms with Crippen LogP contribution in [0.5, 0.6) is 11.5 Å². The van der Waals surface area contributed by atoms with E-state index in [1.54, 1.807) is 38.5 Å². The summed E-state index contributed by atoms with van der Waals surface area (Å²) in [5.74, 6) is 0.835. The Balaban J connectivity index is 2.87. The molecule has 120 valence electrons. The van der Waals surface area contributed by atoms with Crippen molar-refractivity contribution < 1.29 is 19.4 Å².